The van der Waals surface area contributed by atoms with Gasteiger partial charge in [-0.15, -0.1) is 0 Å². The van der Waals surface area contributed by atoms with Crippen LogP contribution in [-0.4, -0.2) is 29.2 Å². The Balaban J connectivity index is 2.57. The number of halogens is 1. The molecule has 0 unspecified atom stereocenters. The van der Waals surface area contributed by atoms with E-state index in [1.165, 1.54) is 0 Å². The average Bonchev–Trinajstić information content (AvgIpc) is 1.83. The van der Waals surface area contributed by atoms with Crippen molar-refractivity contribution >= 4 is 0 Å². The third kappa shape index (κ3) is 2.19. The molecule has 0 amide bonds. The summed E-state index contributed by atoms with van der Waals surface area (Å²) >= 11 is 0. The fourth-order valence-electron chi connectivity index (χ4n) is 2.11. The van der Waals surface area contributed by atoms with Crippen molar-refractivity contribution in [2.45, 2.75) is 58.3 Å². The van der Waals surface area contributed by atoms with E-state index in [9.17, 15) is 4.39 Å². The molecule has 0 spiro atoms. The second-order valence-electron chi connectivity index (χ2n) is 4.83. The summed E-state index contributed by atoms with van der Waals surface area (Å²) in [6, 6.07) is 0.397. The van der Waals surface area contributed by atoms with Crippen LogP contribution < -0.4 is 0 Å². The van der Waals surface area contributed by atoms with Gasteiger partial charge >= 0.3 is 0 Å². The predicted octanol–water partition coefficient (Wildman–Crippen LogP) is 2.61. The van der Waals surface area contributed by atoms with E-state index in [0.717, 1.165) is 6.54 Å². The van der Waals surface area contributed by atoms with Crippen molar-refractivity contribution in [2.75, 3.05) is 6.54 Å². The van der Waals surface area contributed by atoms with Crippen LogP contribution in [0.2, 0.25) is 0 Å². The van der Waals surface area contributed by atoms with Crippen LogP contribution in [0.3, 0.4) is 0 Å². The maximum absolute atomic E-state index is 13.0. The molecule has 0 bridgehead atoms. The highest BCUT2D eigenvalue weighted by molar-refractivity contribution is 4.86. The third-order valence-electron chi connectivity index (χ3n) is 2.67. The van der Waals surface area contributed by atoms with Gasteiger partial charge < -0.3 is 0 Å². The molecule has 1 rings (SSSR count). The molecule has 2 heteroatoms. The van der Waals surface area contributed by atoms with Crippen LogP contribution in [0.4, 0.5) is 4.39 Å². The lowest BCUT2D eigenvalue weighted by atomic mass is 9.95. The van der Waals surface area contributed by atoms with Crippen molar-refractivity contribution in [1.29, 1.82) is 0 Å². The maximum atomic E-state index is 13.0. The van der Waals surface area contributed by atoms with Crippen LogP contribution in [0.1, 0.15) is 40.5 Å². The molecule has 1 aliphatic heterocycles. The molecular formula is C10H20FN. The first-order chi connectivity index (χ1) is 5.41. The number of nitrogens with zero attached hydrogens (tertiary/aromatic N) is 1. The summed E-state index contributed by atoms with van der Waals surface area (Å²) in [5, 5.41) is 0. The zero-order chi connectivity index (χ0) is 9.35. The average molecular weight is 173 g/mol. The molecule has 1 fully saturated rings. The van der Waals surface area contributed by atoms with Crippen molar-refractivity contribution in [3.63, 3.8) is 0 Å². The summed E-state index contributed by atoms with van der Waals surface area (Å²) in [4.78, 5) is 2.39. The van der Waals surface area contributed by atoms with Crippen molar-refractivity contribution in [3.8, 4) is 0 Å². The number of likely N-dealkylation sites (tertiary alicyclic amines) is 1. The van der Waals surface area contributed by atoms with Gasteiger partial charge in [-0.05, 0) is 40.5 Å². The van der Waals surface area contributed by atoms with Gasteiger partial charge in [-0.25, -0.2) is 4.39 Å². The summed E-state index contributed by atoms with van der Waals surface area (Å²) < 4.78 is 13.0. The monoisotopic (exact) mass is 173 g/mol. The lowest BCUT2D eigenvalue weighted by Gasteiger charge is -2.44. The van der Waals surface area contributed by atoms with E-state index in [-0.39, 0.29) is 5.54 Å². The van der Waals surface area contributed by atoms with Gasteiger partial charge in [0.25, 0.3) is 0 Å². The first-order valence-corrected chi connectivity index (χ1v) is 4.82. The number of rotatable bonds is 0. The van der Waals surface area contributed by atoms with Crippen LogP contribution in [0, 0.1) is 0 Å². The van der Waals surface area contributed by atoms with Gasteiger partial charge in [0, 0.05) is 18.1 Å². The Labute approximate surface area is 74.9 Å². The van der Waals surface area contributed by atoms with Crippen LogP contribution in [-0.2, 0) is 0 Å². The molecule has 0 aromatic carbocycles. The Morgan fingerprint density at radius 3 is 2.33 bits per heavy atom. The molecule has 1 heterocycles. The third-order valence-corrected chi connectivity index (χ3v) is 2.67. The summed E-state index contributed by atoms with van der Waals surface area (Å²) in [7, 11) is 0. The van der Waals surface area contributed by atoms with Gasteiger partial charge in [0.2, 0.25) is 0 Å². The van der Waals surface area contributed by atoms with Gasteiger partial charge in [0.05, 0.1) is 0 Å². The molecule has 0 aliphatic carbocycles. The molecule has 0 radical (unpaired) electrons. The molecule has 0 saturated carbocycles. The summed E-state index contributed by atoms with van der Waals surface area (Å²) in [6.07, 6.45) is 0.845. The smallest absolute Gasteiger partial charge is 0.103 e. The molecule has 0 aromatic rings. The van der Waals surface area contributed by atoms with Gasteiger partial charge in [0.1, 0.15) is 6.17 Å². The first-order valence-electron chi connectivity index (χ1n) is 4.82. The lowest BCUT2D eigenvalue weighted by molar-refractivity contribution is 0.0287. The van der Waals surface area contributed by atoms with Gasteiger partial charge in [-0.1, -0.05) is 0 Å². The molecule has 2 atom stereocenters. The van der Waals surface area contributed by atoms with Crippen molar-refractivity contribution in [2.24, 2.45) is 0 Å². The second kappa shape index (κ2) is 3.33. The van der Waals surface area contributed by atoms with E-state index in [4.69, 9.17) is 0 Å². The minimum Gasteiger partial charge on any atom is -0.296 e. The lowest BCUT2D eigenvalue weighted by Crippen LogP contribution is -2.51. The van der Waals surface area contributed by atoms with E-state index >= 15 is 0 Å². The van der Waals surface area contributed by atoms with Crippen LogP contribution >= 0.6 is 0 Å². The Morgan fingerprint density at radius 2 is 1.92 bits per heavy atom. The molecule has 1 aliphatic rings. The van der Waals surface area contributed by atoms with Gasteiger partial charge in [-0.2, -0.15) is 0 Å². The zero-order valence-electron chi connectivity index (χ0n) is 8.60. The van der Waals surface area contributed by atoms with Crippen molar-refractivity contribution < 1.29 is 4.39 Å². The summed E-state index contributed by atoms with van der Waals surface area (Å²) in [6.45, 7) is 9.62. The van der Waals surface area contributed by atoms with E-state index in [2.05, 4.69) is 32.6 Å². The maximum Gasteiger partial charge on any atom is 0.103 e. The Morgan fingerprint density at radius 1 is 1.33 bits per heavy atom. The van der Waals surface area contributed by atoms with Crippen LogP contribution in [0.15, 0.2) is 0 Å². The molecule has 0 N–H and O–H groups in total. The largest absolute Gasteiger partial charge is 0.296 e. The molecule has 12 heavy (non-hydrogen) atoms. The predicted molar refractivity (Wildman–Crippen MR) is 50.1 cm³/mol. The van der Waals surface area contributed by atoms with E-state index in [0.29, 0.717) is 18.9 Å². The van der Waals surface area contributed by atoms with E-state index in [1.54, 1.807) is 0 Å². The quantitative estimate of drug-likeness (QED) is 0.544. The normalized spacial score (nSPS) is 33.8. The highest BCUT2D eigenvalue weighted by Gasteiger charge is 2.31. The number of piperidine rings is 1. The Kier molecular flexibility index (Phi) is 2.77. The summed E-state index contributed by atoms with van der Waals surface area (Å²) in [5.41, 5.74) is 0.194. The van der Waals surface area contributed by atoms with Gasteiger partial charge in [0.15, 0.2) is 0 Å². The highest BCUT2D eigenvalue weighted by atomic mass is 19.1. The standard InChI is InChI=1S/C10H20FN/c1-8-7-9(11)5-6-12(8)10(2,3)4/h8-9H,5-7H2,1-4H3/t8-,9-/m0/s1. The van der Waals surface area contributed by atoms with Gasteiger partial charge in [-0.3, -0.25) is 4.90 Å². The molecule has 72 valence electrons. The Bertz CT molecular complexity index is 150. The number of hydrogen-bond donors (Lipinski definition) is 0. The number of alkyl halides is 1. The second-order valence-corrected chi connectivity index (χ2v) is 4.83. The van der Waals surface area contributed by atoms with E-state index in [1.807, 2.05) is 0 Å². The Hall–Kier alpha value is -0.110. The van der Waals surface area contributed by atoms with E-state index < -0.39 is 6.17 Å². The van der Waals surface area contributed by atoms with Crippen molar-refractivity contribution in [3.05, 3.63) is 0 Å². The zero-order valence-corrected chi connectivity index (χ0v) is 8.60. The minimum atomic E-state index is -0.571. The van der Waals surface area contributed by atoms with Crippen LogP contribution in [0.25, 0.3) is 0 Å². The highest BCUT2D eigenvalue weighted by Crippen LogP contribution is 2.26. The first kappa shape index (κ1) is 9.97. The van der Waals surface area contributed by atoms with Crippen molar-refractivity contribution in [1.82, 2.24) is 4.90 Å². The molecule has 1 nitrogen and oxygen atoms in total. The summed E-state index contributed by atoms with van der Waals surface area (Å²) in [5.74, 6) is 0. The minimum absolute atomic E-state index is 0.194. The fraction of sp³-hybridized carbons (Fsp3) is 1.00. The molecule has 0 aromatic heterocycles. The molecule has 1 saturated heterocycles. The fourth-order valence-corrected chi connectivity index (χ4v) is 2.11. The SMILES string of the molecule is C[C@H]1C[C@@H](F)CCN1C(C)(C)C. The van der Waals surface area contributed by atoms with Crippen LogP contribution in [0.5, 0.6) is 0 Å². The topological polar surface area (TPSA) is 3.24 Å². The molecular weight excluding hydrogens is 153 g/mol. The number of hydrogen-bond acceptors (Lipinski definition) is 1.